The van der Waals surface area contributed by atoms with Crippen LogP contribution in [-0.4, -0.2) is 28.8 Å². The van der Waals surface area contributed by atoms with E-state index < -0.39 is 10.4 Å². The lowest BCUT2D eigenvalue weighted by Crippen LogP contribution is -2.16. The van der Waals surface area contributed by atoms with Crippen molar-refractivity contribution in [1.29, 1.82) is 0 Å². The van der Waals surface area contributed by atoms with Crippen LogP contribution >= 0.6 is 0 Å². The zero-order chi connectivity index (χ0) is 8.78. The van der Waals surface area contributed by atoms with Crippen LogP contribution in [0.4, 0.5) is 0 Å². The Bertz CT molecular complexity index is 142. The smallest absolute Gasteiger partial charge is 0.317 e. The highest BCUT2D eigenvalue weighted by Crippen LogP contribution is 1.66. The summed E-state index contributed by atoms with van der Waals surface area (Å²) in [5.74, 6) is 0. The molecule has 0 fully saturated rings. The van der Waals surface area contributed by atoms with Gasteiger partial charge in [0.2, 0.25) is 0 Å². The Kier molecular flexibility index (Phi) is 6.94. The van der Waals surface area contributed by atoms with Crippen molar-refractivity contribution in [2.75, 3.05) is 0 Å². The summed E-state index contributed by atoms with van der Waals surface area (Å²) in [4.78, 5) is 0. The van der Waals surface area contributed by atoms with Gasteiger partial charge in [0.15, 0.2) is 0 Å². The lowest BCUT2D eigenvalue weighted by Gasteiger charge is -1.93. The van der Waals surface area contributed by atoms with E-state index in [-0.39, 0.29) is 6.04 Å². The first kappa shape index (κ1) is 12.5. The molecular formula is C3H11NO5S. The van der Waals surface area contributed by atoms with Crippen molar-refractivity contribution in [2.45, 2.75) is 19.9 Å². The molecule has 0 spiro atoms. The van der Waals surface area contributed by atoms with E-state index in [4.69, 9.17) is 22.7 Å². The molecular weight excluding hydrogens is 162 g/mol. The molecule has 0 aliphatic rings. The van der Waals surface area contributed by atoms with Gasteiger partial charge in [-0.3, -0.25) is 9.11 Å². The van der Waals surface area contributed by atoms with Gasteiger partial charge in [-0.2, -0.15) is 8.42 Å². The van der Waals surface area contributed by atoms with Crippen LogP contribution < -0.4 is 5.48 Å². The van der Waals surface area contributed by atoms with Crippen molar-refractivity contribution in [1.82, 2.24) is 5.48 Å². The Balaban J connectivity index is 0. The minimum atomic E-state index is -4.67. The first-order valence-electron chi connectivity index (χ1n) is 2.37. The average molecular weight is 173 g/mol. The van der Waals surface area contributed by atoms with Crippen LogP contribution in [-0.2, 0) is 10.4 Å². The van der Waals surface area contributed by atoms with Gasteiger partial charge in [0.05, 0.1) is 0 Å². The predicted octanol–water partition coefficient (Wildman–Crippen LogP) is -0.279. The van der Waals surface area contributed by atoms with E-state index in [1.54, 1.807) is 0 Å². The molecule has 4 N–H and O–H groups in total. The molecule has 0 heterocycles. The van der Waals surface area contributed by atoms with Crippen molar-refractivity contribution in [3.05, 3.63) is 0 Å². The molecule has 6 nitrogen and oxygen atoms in total. The van der Waals surface area contributed by atoms with Gasteiger partial charge in [-0.15, -0.1) is 0 Å². The van der Waals surface area contributed by atoms with Crippen LogP contribution in [0, 0.1) is 0 Å². The lowest BCUT2D eigenvalue weighted by molar-refractivity contribution is 0.140. The molecule has 0 rings (SSSR count). The second kappa shape index (κ2) is 5.57. The summed E-state index contributed by atoms with van der Waals surface area (Å²) < 4.78 is 31.6. The summed E-state index contributed by atoms with van der Waals surface area (Å²) in [6.45, 7) is 3.72. The molecule has 0 saturated carbocycles. The third kappa shape index (κ3) is 112. The van der Waals surface area contributed by atoms with Crippen LogP contribution in [0.2, 0.25) is 0 Å². The summed E-state index contributed by atoms with van der Waals surface area (Å²) in [5.41, 5.74) is 2.03. The normalized spacial score (nSPS) is 10.6. The maximum atomic E-state index is 8.74. The minimum Gasteiger partial charge on any atom is -0.317 e. The first-order valence-corrected chi connectivity index (χ1v) is 3.76. The lowest BCUT2D eigenvalue weighted by atomic mass is 10.4. The predicted molar refractivity (Wildman–Crippen MR) is 34.2 cm³/mol. The number of hydrogen-bond acceptors (Lipinski definition) is 4. The van der Waals surface area contributed by atoms with Gasteiger partial charge < -0.3 is 5.21 Å². The molecule has 0 unspecified atom stereocenters. The molecule has 0 aliphatic carbocycles. The molecule has 0 radical (unpaired) electrons. The van der Waals surface area contributed by atoms with E-state index in [1.807, 2.05) is 19.3 Å². The van der Waals surface area contributed by atoms with Crippen LogP contribution in [0.5, 0.6) is 0 Å². The van der Waals surface area contributed by atoms with Gasteiger partial charge in [-0.05, 0) is 13.8 Å². The SMILES string of the molecule is CC(C)NO.O=S(=O)(O)O. The molecule has 0 bridgehead atoms. The van der Waals surface area contributed by atoms with E-state index in [1.165, 1.54) is 0 Å². The quantitative estimate of drug-likeness (QED) is 0.321. The molecule has 0 aromatic rings. The molecule has 10 heavy (non-hydrogen) atoms. The second-order valence-corrected chi connectivity index (χ2v) is 2.63. The maximum Gasteiger partial charge on any atom is 0.394 e. The van der Waals surface area contributed by atoms with Crippen molar-refractivity contribution >= 4 is 10.4 Å². The molecule has 0 atom stereocenters. The summed E-state index contributed by atoms with van der Waals surface area (Å²) in [6.07, 6.45) is 0. The van der Waals surface area contributed by atoms with Gasteiger partial charge in [0, 0.05) is 6.04 Å². The van der Waals surface area contributed by atoms with E-state index in [0.29, 0.717) is 0 Å². The van der Waals surface area contributed by atoms with E-state index in [2.05, 4.69) is 0 Å². The Hall–Kier alpha value is -0.210. The van der Waals surface area contributed by atoms with Gasteiger partial charge >= 0.3 is 10.4 Å². The van der Waals surface area contributed by atoms with Gasteiger partial charge in [0.1, 0.15) is 0 Å². The van der Waals surface area contributed by atoms with Crippen molar-refractivity contribution < 1.29 is 22.7 Å². The van der Waals surface area contributed by atoms with Gasteiger partial charge in [-0.25, -0.2) is 5.48 Å². The largest absolute Gasteiger partial charge is 0.394 e. The third-order valence-electron chi connectivity index (χ3n) is 0.258. The molecule has 0 amide bonds. The monoisotopic (exact) mass is 173 g/mol. The van der Waals surface area contributed by atoms with Crippen LogP contribution in [0.25, 0.3) is 0 Å². The van der Waals surface area contributed by atoms with E-state index in [9.17, 15) is 0 Å². The molecule has 0 aromatic heterocycles. The second-order valence-electron chi connectivity index (χ2n) is 1.73. The fourth-order valence-electron chi connectivity index (χ4n) is 0. The zero-order valence-corrected chi connectivity index (χ0v) is 6.46. The van der Waals surface area contributed by atoms with Crippen LogP contribution in [0.15, 0.2) is 0 Å². The highest BCUT2D eigenvalue weighted by Gasteiger charge is 1.84. The number of hydrogen-bond donors (Lipinski definition) is 4. The summed E-state index contributed by atoms with van der Waals surface area (Å²) in [5, 5.41) is 7.89. The zero-order valence-electron chi connectivity index (χ0n) is 5.64. The Morgan fingerprint density at radius 3 is 1.40 bits per heavy atom. The first-order chi connectivity index (χ1) is 4.27. The van der Waals surface area contributed by atoms with Crippen molar-refractivity contribution in [2.24, 2.45) is 0 Å². The fourth-order valence-corrected chi connectivity index (χ4v) is 0. The van der Waals surface area contributed by atoms with Crippen molar-refractivity contribution in [3.63, 3.8) is 0 Å². The maximum absolute atomic E-state index is 8.74. The van der Waals surface area contributed by atoms with Crippen molar-refractivity contribution in [3.8, 4) is 0 Å². The van der Waals surface area contributed by atoms with Gasteiger partial charge in [-0.1, -0.05) is 0 Å². The molecule has 0 saturated heterocycles. The third-order valence-corrected chi connectivity index (χ3v) is 0.258. The average Bonchev–Trinajstić information content (AvgIpc) is 1.61. The highest BCUT2D eigenvalue weighted by molar-refractivity contribution is 7.79. The molecule has 7 heteroatoms. The fraction of sp³-hybridized carbons (Fsp3) is 1.00. The number of rotatable bonds is 1. The topological polar surface area (TPSA) is 107 Å². The van der Waals surface area contributed by atoms with Crippen LogP contribution in [0.3, 0.4) is 0 Å². The summed E-state index contributed by atoms with van der Waals surface area (Å²) in [7, 11) is -4.67. The van der Waals surface area contributed by atoms with E-state index in [0.717, 1.165) is 0 Å². The summed E-state index contributed by atoms with van der Waals surface area (Å²) in [6, 6.07) is 0.190. The standard InChI is InChI=1S/C3H9NO.H2O4S/c1-3(2)4-5;1-5(2,3)4/h3-5H,1-2H3;(H2,1,2,3,4). The van der Waals surface area contributed by atoms with Gasteiger partial charge in [0.25, 0.3) is 0 Å². The highest BCUT2D eigenvalue weighted by atomic mass is 32.3. The van der Waals surface area contributed by atoms with E-state index >= 15 is 0 Å². The Labute approximate surface area is 59.4 Å². The Morgan fingerprint density at radius 1 is 1.30 bits per heavy atom. The summed E-state index contributed by atoms with van der Waals surface area (Å²) >= 11 is 0. The number of nitrogens with one attached hydrogen (secondary N) is 1. The number of hydroxylamine groups is 1. The minimum absolute atomic E-state index is 0.190. The molecule has 0 aliphatic heterocycles. The Morgan fingerprint density at radius 2 is 1.40 bits per heavy atom. The molecule has 0 aromatic carbocycles. The molecule has 64 valence electrons. The van der Waals surface area contributed by atoms with Crippen LogP contribution in [0.1, 0.15) is 13.8 Å².